The van der Waals surface area contributed by atoms with Gasteiger partial charge in [0.2, 0.25) is 0 Å². The molecule has 0 radical (unpaired) electrons. The van der Waals surface area contributed by atoms with Gasteiger partial charge in [0.05, 0.1) is 20.3 Å². The molecule has 1 saturated carbocycles. The molecule has 4 rings (SSSR count). The smallest absolute Gasteiger partial charge is 0.332 e. The van der Waals surface area contributed by atoms with Crippen LogP contribution in [0.15, 0.2) is 30.3 Å². The van der Waals surface area contributed by atoms with Gasteiger partial charge in [-0.25, -0.2) is 4.79 Å². The first-order chi connectivity index (χ1) is 13.0. The summed E-state index contributed by atoms with van der Waals surface area (Å²) < 4.78 is 12.4. The molecule has 142 valence electrons. The number of rotatable bonds is 4. The summed E-state index contributed by atoms with van der Waals surface area (Å²) in [6.45, 7) is 1.14. The highest BCUT2D eigenvalue weighted by molar-refractivity contribution is 6.30. The number of hydrogen-bond acceptors (Lipinski definition) is 4. The number of nitrogens with zero attached hydrogens (tertiary/aromatic N) is 2. The molecule has 1 fully saturated rings. The van der Waals surface area contributed by atoms with Gasteiger partial charge in [-0.15, -0.1) is 0 Å². The molecule has 2 aromatic rings. The second kappa shape index (κ2) is 6.69. The molecule has 1 amide bonds. The zero-order valence-electron chi connectivity index (χ0n) is 15.3. The molecule has 0 atom stereocenters. The minimum absolute atomic E-state index is 0.225. The quantitative estimate of drug-likeness (QED) is 0.755. The molecule has 0 bridgehead atoms. The fourth-order valence-corrected chi connectivity index (χ4v) is 3.93. The first kappa shape index (κ1) is 18.1. The Balaban J connectivity index is 1.79. The van der Waals surface area contributed by atoms with Crippen LogP contribution in [0, 0.1) is 0 Å². The van der Waals surface area contributed by atoms with Crippen molar-refractivity contribution in [3.05, 3.63) is 52.3 Å². The number of benzene rings is 1. The number of amides is 1. The highest BCUT2D eigenvalue weighted by atomic mass is 35.5. The van der Waals surface area contributed by atoms with E-state index in [1.807, 2.05) is 17.7 Å². The normalized spacial score (nSPS) is 17.1. The molecule has 2 aliphatic rings. The number of anilines is 1. The van der Waals surface area contributed by atoms with Crippen molar-refractivity contribution in [3.8, 4) is 0 Å². The van der Waals surface area contributed by atoms with Crippen molar-refractivity contribution in [1.82, 2.24) is 4.57 Å². The van der Waals surface area contributed by atoms with Crippen molar-refractivity contribution >= 4 is 29.2 Å². The van der Waals surface area contributed by atoms with Crippen LogP contribution < -0.4 is 4.90 Å². The van der Waals surface area contributed by atoms with Crippen LogP contribution in [0.25, 0.3) is 0 Å². The zero-order valence-corrected chi connectivity index (χ0v) is 16.1. The van der Waals surface area contributed by atoms with Gasteiger partial charge in [-0.05, 0) is 48.7 Å². The predicted octanol–water partition coefficient (Wildman–Crippen LogP) is 3.10. The third kappa shape index (κ3) is 2.93. The van der Waals surface area contributed by atoms with E-state index >= 15 is 0 Å². The van der Waals surface area contributed by atoms with Gasteiger partial charge in [0, 0.05) is 29.9 Å². The van der Waals surface area contributed by atoms with Crippen molar-refractivity contribution in [2.75, 3.05) is 18.6 Å². The van der Waals surface area contributed by atoms with Crippen molar-refractivity contribution in [2.45, 2.75) is 31.4 Å². The van der Waals surface area contributed by atoms with Gasteiger partial charge in [0.15, 0.2) is 0 Å². The van der Waals surface area contributed by atoms with Gasteiger partial charge in [-0.2, -0.15) is 0 Å². The molecule has 0 unspecified atom stereocenters. The number of carbonyl (C=O) groups excluding carboxylic acids is 2. The van der Waals surface area contributed by atoms with E-state index in [1.54, 1.807) is 29.2 Å². The second-order valence-electron chi connectivity index (χ2n) is 7.00. The van der Waals surface area contributed by atoms with Crippen LogP contribution in [0.3, 0.4) is 0 Å². The van der Waals surface area contributed by atoms with Crippen LogP contribution in [0.5, 0.6) is 0 Å². The Morgan fingerprint density at radius 2 is 1.96 bits per heavy atom. The molecule has 6 nitrogen and oxygen atoms in total. The first-order valence-corrected chi connectivity index (χ1v) is 9.29. The zero-order chi connectivity index (χ0) is 19.2. The molecule has 0 spiro atoms. The maximum absolute atomic E-state index is 13.6. The van der Waals surface area contributed by atoms with Gasteiger partial charge >= 0.3 is 5.97 Å². The summed E-state index contributed by atoms with van der Waals surface area (Å²) in [6, 6.07) is 8.82. The molecule has 2 heterocycles. The highest BCUT2D eigenvalue weighted by Gasteiger charge is 2.58. The third-order valence-corrected chi connectivity index (χ3v) is 5.66. The van der Waals surface area contributed by atoms with Gasteiger partial charge in [-0.3, -0.25) is 9.69 Å². The average molecular weight is 389 g/mol. The maximum Gasteiger partial charge on any atom is 0.332 e. The van der Waals surface area contributed by atoms with Crippen LogP contribution in [0.1, 0.15) is 34.6 Å². The fourth-order valence-electron chi connectivity index (χ4n) is 3.81. The number of carbonyl (C=O) groups is 2. The monoisotopic (exact) mass is 388 g/mol. The third-order valence-electron chi connectivity index (χ3n) is 5.41. The molecular weight excluding hydrogens is 368 g/mol. The summed E-state index contributed by atoms with van der Waals surface area (Å²) in [4.78, 5) is 27.7. The number of aromatic nitrogens is 1. The lowest BCUT2D eigenvalue weighted by molar-refractivity contribution is -0.143. The maximum atomic E-state index is 13.6. The Labute approximate surface area is 162 Å². The van der Waals surface area contributed by atoms with Crippen molar-refractivity contribution in [1.29, 1.82) is 0 Å². The Kier molecular flexibility index (Phi) is 4.48. The summed E-state index contributed by atoms with van der Waals surface area (Å²) in [5, 5.41) is 0.570. The molecule has 0 saturated heterocycles. The van der Waals surface area contributed by atoms with E-state index in [0.29, 0.717) is 42.5 Å². The van der Waals surface area contributed by atoms with Crippen molar-refractivity contribution in [2.24, 2.45) is 7.05 Å². The summed E-state index contributed by atoms with van der Waals surface area (Å²) >= 11 is 6.01. The number of halogens is 1. The summed E-state index contributed by atoms with van der Waals surface area (Å²) in [5.74, 6) is -0.620. The van der Waals surface area contributed by atoms with E-state index in [1.165, 1.54) is 7.11 Å². The Bertz CT molecular complexity index is 899. The first-order valence-electron chi connectivity index (χ1n) is 8.92. The van der Waals surface area contributed by atoms with Crippen LogP contribution in [-0.4, -0.2) is 35.7 Å². The van der Waals surface area contributed by atoms with E-state index in [4.69, 9.17) is 21.1 Å². The van der Waals surface area contributed by atoms with E-state index in [0.717, 1.165) is 17.7 Å². The summed E-state index contributed by atoms with van der Waals surface area (Å²) in [7, 11) is 3.24. The lowest BCUT2D eigenvalue weighted by Crippen LogP contribution is -2.48. The molecular formula is C20H21ClN2O4. The predicted molar refractivity (Wildman–Crippen MR) is 101 cm³/mol. The van der Waals surface area contributed by atoms with Gasteiger partial charge in [-0.1, -0.05) is 11.6 Å². The van der Waals surface area contributed by atoms with E-state index in [-0.39, 0.29) is 5.91 Å². The average Bonchev–Trinajstić information content (AvgIpc) is 3.41. The standard InChI is InChI=1S/C20H21ClN2O4/c1-22-16-7-10-27-12-13(16)11-17(22)18(24)23(15-5-3-14(21)4-6-15)20(8-9-20)19(25)26-2/h3-6,11H,7-10,12H2,1-2H3. The van der Waals surface area contributed by atoms with Gasteiger partial charge in [0.1, 0.15) is 11.2 Å². The fraction of sp³-hybridized carbons (Fsp3) is 0.400. The van der Waals surface area contributed by atoms with E-state index in [2.05, 4.69) is 0 Å². The molecule has 0 N–H and O–H groups in total. The number of fused-ring (bicyclic) bond motifs is 1. The summed E-state index contributed by atoms with van der Waals surface area (Å²) in [6.07, 6.45) is 1.91. The molecule has 7 heteroatoms. The molecule has 1 aliphatic carbocycles. The molecule has 27 heavy (non-hydrogen) atoms. The lowest BCUT2D eigenvalue weighted by atomic mass is 10.1. The molecule has 1 aromatic heterocycles. The van der Waals surface area contributed by atoms with Crippen molar-refractivity contribution < 1.29 is 19.1 Å². The number of hydrogen-bond donors (Lipinski definition) is 0. The van der Waals surface area contributed by atoms with Crippen LogP contribution in [0.2, 0.25) is 5.02 Å². The second-order valence-corrected chi connectivity index (χ2v) is 7.44. The summed E-state index contributed by atoms with van der Waals surface area (Å²) in [5.41, 5.74) is 2.33. The van der Waals surface area contributed by atoms with Gasteiger partial charge in [0.25, 0.3) is 5.91 Å². The number of methoxy groups -OCH3 is 1. The lowest BCUT2D eigenvalue weighted by Gasteiger charge is -2.30. The highest BCUT2D eigenvalue weighted by Crippen LogP contribution is 2.46. The van der Waals surface area contributed by atoms with E-state index < -0.39 is 11.5 Å². The van der Waals surface area contributed by atoms with Crippen LogP contribution in [0.4, 0.5) is 5.69 Å². The Morgan fingerprint density at radius 1 is 1.26 bits per heavy atom. The minimum atomic E-state index is -0.957. The van der Waals surface area contributed by atoms with E-state index in [9.17, 15) is 9.59 Å². The molecule has 1 aliphatic heterocycles. The molecule has 1 aromatic carbocycles. The SMILES string of the molecule is COC(=O)C1(N(C(=O)c2cc3c(n2C)CCOC3)c2ccc(Cl)cc2)CC1. The topological polar surface area (TPSA) is 60.8 Å². The number of ether oxygens (including phenoxy) is 2. The van der Waals surface area contributed by atoms with Crippen LogP contribution in [-0.2, 0) is 34.3 Å². The minimum Gasteiger partial charge on any atom is -0.467 e. The Morgan fingerprint density at radius 3 is 2.56 bits per heavy atom. The van der Waals surface area contributed by atoms with Gasteiger partial charge < -0.3 is 14.0 Å². The largest absolute Gasteiger partial charge is 0.467 e. The number of esters is 1. The van der Waals surface area contributed by atoms with Crippen molar-refractivity contribution in [3.63, 3.8) is 0 Å². The Hall–Kier alpha value is -2.31. The van der Waals surface area contributed by atoms with Crippen LogP contribution >= 0.6 is 11.6 Å².